The first-order chi connectivity index (χ1) is 9.40. The van der Waals surface area contributed by atoms with E-state index < -0.39 is 0 Å². The fraction of sp³-hybridized carbons (Fsp3) is 0.438. The van der Waals surface area contributed by atoms with E-state index in [0.29, 0.717) is 0 Å². The molecule has 1 heterocycles. The summed E-state index contributed by atoms with van der Waals surface area (Å²) in [6.45, 7) is 7.39. The molecule has 0 fully saturated rings. The van der Waals surface area contributed by atoms with E-state index in [1.165, 1.54) is 17.0 Å². The summed E-state index contributed by atoms with van der Waals surface area (Å²) in [5, 5.41) is 4.29. The van der Waals surface area contributed by atoms with Gasteiger partial charge in [-0.05, 0) is 24.7 Å². The van der Waals surface area contributed by atoms with Gasteiger partial charge in [0.1, 0.15) is 5.82 Å². The van der Waals surface area contributed by atoms with Crippen molar-refractivity contribution in [2.24, 2.45) is 0 Å². The molecule has 0 spiro atoms. The van der Waals surface area contributed by atoms with Crippen LogP contribution in [0, 0.1) is 5.82 Å². The molecule has 2 nitrogen and oxygen atoms in total. The van der Waals surface area contributed by atoms with Crippen LogP contribution in [0.3, 0.4) is 0 Å². The monoisotopic (exact) mass is 292 g/mol. The Labute approximate surface area is 124 Å². The Morgan fingerprint density at radius 2 is 1.85 bits per heavy atom. The first kappa shape index (κ1) is 15.1. The van der Waals surface area contributed by atoms with Crippen LogP contribution in [-0.2, 0) is 18.4 Å². The smallest absolute Gasteiger partial charge is 0.123 e. The van der Waals surface area contributed by atoms with Crippen LogP contribution >= 0.6 is 11.3 Å². The van der Waals surface area contributed by atoms with Gasteiger partial charge in [-0.1, -0.05) is 32.9 Å². The third-order valence-electron chi connectivity index (χ3n) is 3.06. The van der Waals surface area contributed by atoms with Crippen LogP contribution in [0.15, 0.2) is 24.3 Å². The molecule has 0 aliphatic heterocycles. The van der Waals surface area contributed by atoms with Crippen molar-refractivity contribution in [2.45, 2.75) is 39.2 Å². The number of hydrogen-bond acceptors (Lipinski definition) is 3. The molecule has 0 radical (unpaired) electrons. The molecule has 0 unspecified atom stereocenters. The molecule has 2 rings (SSSR count). The van der Waals surface area contributed by atoms with Crippen LogP contribution in [0.1, 0.15) is 41.9 Å². The molecule has 1 aromatic carbocycles. The minimum absolute atomic E-state index is 0.0454. The summed E-state index contributed by atoms with van der Waals surface area (Å²) in [6, 6.07) is 6.65. The zero-order valence-electron chi connectivity index (χ0n) is 12.5. The standard InChI is InChI=1S/C16H21FN2S/c1-16(2,3)15-13(10-18-4)20-14(19-15)9-11-5-7-12(17)8-6-11/h5-8,18H,9-10H2,1-4H3. The maximum atomic E-state index is 12.9. The number of thiazole rings is 1. The molecule has 0 atom stereocenters. The summed E-state index contributed by atoms with van der Waals surface area (Å²) in [6.07, 6.45) is 0.762. The van der Waals surface area contributed by atoms with Gasteiger partial charge in [-0.15, -0.1) is 11.3 Å². The van der Waals surface area contributed by atoms with Crippen molar-refractivity contribution in [2.75, 3.05) is 7.05 Å². The first-order valence-electron chi connectivity index (χ1n) is 6.78. The molecule has 1 aromatic heterocycles. The van der Waals surface area contributed by atoms with Crippen LogP contribution in [0.4, 0.5) is 4.39 Å². The molecule has 0 bridgehead atoms. The summed E-state index contributed by atoms with van der Waals surface area (Å²) >= 11 is 1.74. The van der Waals surface area contributed by atoms with E-state index in [9.17, 15) is 4.39 Å². The SMILES string of the molecule is CNCc1sc(Cc2ccc(F)cc2)nc1C(C)(C)C. The molecule has 4 heteroatoms. The van der Waals surface area contributed by atoms with Gasteiger partial charge < -0.3 is 5.32 Å². The Morgan fingerprint density at radius 3 is 2.40 bits per heavy atom. The number of rotatable bonds is 4. The molecule has 0 amide bonds. The lowest BCUT2D eigenvalue weighted by atomic mass is 9.91. The highest BCUT2D eigenvalue weighted by atomic mass is 32.1. The highest BCUT2D eigenvalue weighted by molar-refractivity contribution is 7.11. The molecule has 0 saturated heterocycles. The summed E-state index contributed by atoms with van der Waals surface area (Å²) in [5.74, 6) is -0.195. The second-order valence-corrected chi connectivity index (χ2v) is 7.13. The van der Waals surface area contributed by atoms with E-state index >= 15 is 0 Å². The number of benzene rings is 1. The van der Waals surface area contributed by atoms with Gasteiger partial charge in [0.25, 0.3) is 0 Å². The summed E-state index contributed by atoms with van der Waals surface area (Å²) in [4.78, 5) is 6.09. The van der Waals surface area contributed by atoms with Crippen molar-refractivity contribution in [1.29, 1.82) is 0 Å². The highest BCUT2D eigenvalue weighted by Gasteiger charge is 2.22. The lowest BCUT2D eigenvalue weighted by molar-refractivity contribution is 0.561. The van der Waals surface area contributed by atoms with Gasteiger partial charge in [0.15, 0.2) is 0 Å². The van der Waals surface area contributed by atoms with Gasteiger partial charge >= 0.3 is 0 Å². The predicted molar refractivity (Wildman–Crippen MR) is 82.8 cm³/mol. The Morgan fingerprint density at radius 1 is 1.20 bits per heavy atom. The number of aromatic nitrogens is 1. The van der Waals surface area contributed by atoms with Crippen LogP contribution in [0.2, 0.25) is 0 Å². The molecule has 1 N–H and O–H groups in total. The van der Waals surface area contributed by atoms with E-state index in [0.717, 1.165) is 29.2 Å². The fourth-order valence-corrected chi connectivity index (χ4v) is 3.44. The Kier molecular flexibility index (Phi) is 4.55. The summed E-state index contributed by atoms with van der Waals surface area (Å²) in [7, 11) is 1.95. The molecular weight excluding hydrogens is 271 g/mol. The Balaban J connectivity index is 2.26. The zero-order chi connectivity index (χ0) is 14.8. The van der Waals surface area contributed by atoms with Gasteiger partial charge in [-0.2, -0.15) is 0 Å². The third-order valence-corrected chi connectivity index (χ3v) is 4.11. The van der Waals surface area contributed by atoms with Crippen molar-refractivity contribution >= 4 is 11.3 Å². The van der Waals surface area contributed by atoms with Gasteiger partial charge in [0.2, 0.25) is 0 Å². The average molecular weight is 292 g/mol. The summed E-state index contributed by atoms with van der Waals surface area (Å²) in [5.41, 5.74) is 2.30. The highest BCUT2D eigenvalue weighted by Crippen LogP contribution is 2.30. The number of halogens is 1. The number of nitrogens with one attached hydrogen (secondary N) is 1. The molecular formula is C16H21FN2S. The number of nitrogens with zero attached hydrogens (tertiary/aromatic N) is 1. The fourth-order valence-electron chi connectivity index (χ4n) is 2.12. The normalized spacial score (nSPS) is 11.8. The maximum absolute atomic E-state index is 12.9. The molecule has 0 aliphatic rings. The second kappa shape index (κ2) is 6.02. The Hall–Kier alpha value is -1.26. The van der Waals surface area contributed by atoms with E-state index in [1.807, 2.05) is 19.2 Å². The van der Waals surface area contributed by atoms with Crippen LogP contribution in [0.5, 0.6) is 0 Å². The van der Waals surface area contributed by atoms with Gasteiger partial charge in [0, 0.05) is 23.3 Å². The molecule has 0 aliphatic carbocycles. The van der Waals surface area contributed by atoms with Gasteiger partial charge in [0.05, 0.1) is 10.7 Å². The summed E-state index contributed by atoms with van der Waals surface area (Å²) < 4.78 is 12.9. The minimum Gasteiger partial charge on any atom is -0.315 e. The van der Waals surface area contributed by atoms with Crippen molar-refractivity contribution in [3.05, 3.63) is 51.2 Å². The van der Waals surface area contributed by atoms with Crippen LogP contribution in [0.25, 0.3) is 0 Å². The van der Waals surface area contributed by atoms with E-state index in [-0.39, 0.29) is 11.2 Å². The predicted octanol–water partition coefficient (Wildman–Crippen LogP) is 3.89. The molecule has 0 saturated carbocycles. The van der Waals surface area contributed by atoms with Crippen LogP contribution in [-0.4, -0.2) is 12.0 Å². The third kappa shape index (κ3) is 3.64. The van der Waals surface area contributed by atoms with E-state index in [4.69, 9.17) is 4.98 Å². The van der Waals surface area contributed by atoms with Crippen molar-refractivity contribution in [3.8, 4) is 0 Å². The zero-order valence-corrected chi connectivity index (χ0v) is 13.3. The molecule has 20 heavy (non-hydrogen) atoms. The minimum atomic E-state index is -0.195. The maximum Gasteiger partial charge on any atom is 0.123 e. The second-order valence-electron chi connectivity index (χ2n) is 5.96. The number of hydrogen-bond donors (Lipinski definition) is 1. The van der Waals surface area contributed by atoms with Crippen molar-refractivity contribution in [1.82, 2.24) is 10.3 Å². The Bertz CT molecular complexity index is 567. The lowest BCUT2D eigenvalue weighted by Gasteiger charge is -2.17. The lowest BCUT2D eigenvalue weighted by Crippen LogP contribution is -2.16. The van der Waals surface area contributed by atoms with Gasteiger partial charge in [-0.3, -0.25) is 0 Å². The van der Waals surface area contributed by atoms with Crippen molar-refractivity contribution in [3.63, 3.8) is 0 Å². The van der Waals surface area contributed by atoms with Crippen molar-refractivity contribution < 1.29 is 4.39 Å². The largest absolute Gasteiger partial charge is 0.315 e. The van der Waals surface area contributed by atoms with E-state index in [1.54, 1.807) is 11.3 Å². The van der Waals surface area contributed by atoms with Crippen LogP contribution < -0.4 is 5.32 Å². The first-order valence-corrected chi connectivity index (χ1v) is 7.60. The quantitative estimate of drug-likeness (QED) is 0.924. The van der Waals surface area contributed by atoms with E-state index in [2.05, 4.69) is 26.1 Å². The topological polar surface area (TPSA) is 24.9 Å². The average Bonchev–Trinajstić information content (AvgIpc) is 2.75. The van der Waals surface area contributed by atoms with Gasteiger partial charge in [-0.25, -0.2) is 9.37 Å². The molecule has 2 aromatic rings. The molecule has 108 valence electrons.